The summed E-state index contributed by atoms with van der Waals surface area (Å²) < 4.78 is 7.79. The molecule has 0 bridgehead atoms. The summed E-state index contributed by atoms with van der Waals surface area (Å²) in [6.45, 7) is 3.03. The number of likely N-dealkylation sites (N-methyl/N-ethyl adjacent to an activating group) is 1. The quantitative estimate of drug-likeness (QED) is 0.769. The third kappa shape index (κ3) is 2.96. The zero-order valence-corrected chi connectivity index (χ0v) is 15.1. The molecule has 1 aliphatic rings. The smallest absolute Gasteiger partial charge is 0.253 e. The Bertz CT molecular complexity index is 946. The predicted octanol–water partition coefficient (Wildman–Crippen LogP) is 1.64. The molecule has 2 aromatic heterocycles. The van der Waals surface area contributed by atoms with Gasteiger partial charge in [-0.25, -0.2) is 9.97 Å². The van der Waals surface area contributed by atoms with E-state index in [1.807, 2.05) is 36.7 Å². The standard InChI is InChI=1S/C18H22N6O2/c1-11-20-17(22-21-11)13-6-7-26-16(13)9-23(2)18(25)12-4-5-15-14(8-12)19-10-24(15)3/h4-5,8,10,13,16H,6-7,9H2,1-3H3,(H,20,21,22)/t13-,16-/m1/s1. The van der Waals surface area contributed by atoms with Crippen molar-refractivity contribution in [1.29, 1.82) is 0 Å². The Kier molecular flexibility index (Phi) is 4.20. The van der Waals surface area contributed by atoms with E-state index in [9.17, 15) is 4.79 Å². The molecule has 8 heteroatoms. The number of imidazole rings is 1. The molecule has 3 heterocycles. The molecule has 2 atom stereocenters. The Hall–Kier alpha value is -2.74. The number of aromatic nitrogens is 5. The first-order valence-electron chi connectivity index (χ1n) is 8.70. The van der Waals surface area contributed by atoms with Crippen LogP contribution in [0.15, 0.2) is 24.5 Å². The van der Waals surface area contributed by atoms with E-state index in [2.05, 4.69) is 20.2 Å². The fourth-order valence-corrected chi connectivity index (χ4v) is 3.49. The molecule has 1 aliphatic heterocycles. The minimum atomic E-state index is -0.0993. The van der Waals surface area contributed by atoms with E-state index in [-0.39, 0.29) is 17.9 Å². The van der Waals surface area contributed by atoms with Crippen LogP contribution in [0, 0.1) is 6.92 Å². The van der Waals surface area contributed by atoms with Gasteiger partial charge in [-0.3, -0.25) is 9.89 Å². The molecule has 1 aromatic carbocycles. The summed E-state index contributed by atoms with van der Waals surface area (Å²) in [5, 5.41) is 7.15. The van der Waals surface area contributed by atoms with Crippen molar-refractivity contribution in [2.75, 3.05) is 20.2 Å². The van der Waals surface area contributed by atoms with Crippen LogP contribution in [0.2, 0.25) is 0 Å². The lowest BCUT2D eigenvalue weighted by Gasteiger charge is -2.24. The van der Waals surface area contributed by atoms with Gasteiger partial charge in [0.25, 0.3) is 5.91 Å². The van der Waals surface area contributed by atoms with Crippen molar-refractivity contribution in [3.63, 3.8) is 0 Å². The summed E-state index contributed by atoms with van der Waals surface area (Å²) in [6, 6.07) is 5.60. The van der Waals surface area contributed by atoms with Gasteiger partial charge in [0.1, 0.15) is 5.82 Å². The molecular weight excluding hydrogens is 332 g/mol. The molecular formula is C18H22N6O2. The minimum absolute atomic E-state index is 0.0435. The zero-order chi connectivity index (χ0) is 18.3. The lowest BCUT2D eigenvalue weighted by Crippen LogP contribution is -2.36. The average molecular weight is 354 g/mol. The average Bonchev–Trinajstić information content (AvgIpc) is 3.35. The maximum atomic E-state index is 12.8. The largest absolute Gasteiger partial charge is 0.376 e. The molecule has 136 valence electrons. The highest BCUT2D eigenvalue weighted by Crippen LogP contribution is 2.29. The third-order valence-corrected chi connectivity index (χ3v) is 4.93. The van der Waals surface area contributed by atoms with Gasteiger partial charge in [0, 0.05) is 32.8 Å². The van der Waals surface area contributed by atoms with Gasteiger partial charge in [-0.05, 0) is 31.5 Å². The van der Waals surface area contributed by atoms with Gasteiger partial charge in [0.15, 0.2) is 5.82 Å². The van der Waals surface area contributed by atoms with Gasteiger partial charge in [0.2, 0.25) is 0 Å². The number of ether oxygens (including phenoxy) is 1. The van der Waals surface area contributed by atoms with Crippen molar-refractivity contribution < 1.29 is 9.53 Å². The van der Waals surface area contributed by atoms with Crippen LogP contribution in [-0.4, -0.2) is 61.8 Å². The van der Waals surface area contributed by atoms with Gasteiger partial charge in [-0.2, -0.15) is 5.10 Å². The summed E-state index contributed by atoms with van der Waals surface area (Å²) in [5.41, 5.74) is 2.45. The van der Waals surface area contributed by atoms with E-state index in [1.54, 1.807) is 18.3 Å². The highest BCUT2D eigenvalue weighted by Gasteiger charge is 2.34. The van der Waals surface area contributed by atoms with Crippen LogP contribution in [0.25, 0.3) is 11.0 Å². The van der Waals surface area contributed by atoms with Crippen LogP contribution in [0.1, 0.15) is 34.3 Å². The number of benzene rings is 1. The number of aromatic amines is 1. The lowest BCUT2D eigenvalue weighted by atomic mass is 10.00. The molecule has 1 fully saturated rings. The monoisotopic (exact) mass is 354 g/mol. The summed E-state index contributed by atoms with van der Waals surface area (Å²) in [7, 11) is 3.73. The minimum Gasteiger partial charge on any atom is -0.376 e. The van der Waals surface area contributed by atoms with Crippen molar-refractivity contribution in [1.82, 2.24) is 29.6 Å². The van der Waals surface area contributed by atoms with Gasteiger partial charge in [-0.1, -0.05) is 0 Å². The van der Waals surface area contributed by atoms with Gasteiger partial charge in [0.05, 0.1) is 29.4 Å². The summed E-state index contributed by atoms with van der Waals surface area (Å²) in [4.78, 5) is 23.3. The van der Waals surface area contributed by atoms with E-state index >= 15 is 0 Å². The van der Waals surface area contributed by atoms with Gasteiger partial charge in [-0.15, -0.1) is 0 Å². The van der Waals surface area contributed by atoms with Crippen LogP contribution in [0.4, 0.5) is 0 Å². The Morgan fingerprint density at radius 3 is 3.08 bits per heavy atom. The molecule has 1 amide bonds. The molecule has 8 nitrogen and oxygen atoms in total. The van der Waals surface area contributed by atoms with E-state index in [0.717, 1.165) is 29.1 Å². The van der Waals surface area contributed by atoms with E-state index in [0.29, 0.717) is 18.7 Å². The number of nitrogens with one attached hydrogen (secondary N) is 1. The number of amides is 1. The first-order chi connectivity index (χ1) is 12.5. The molecule has 26 heavy (non-hydrogen) atoms. The normalized spacial score (nSPS) is 20.0. The first kappa shape index (κ1) is 16.7. The number of fused-ring (bicyclic) bond motifs is 1. The SMILES string of the molecule is Cc1nc([C@@H]2CCO[C@@H]2CN(C)C(=O)c2ccc3c(c2)ncn3C)n[nH]1. The van der Waals surface area contributed by atoms with E-state index < -0.39 is 0 Å². The fraction of sp³-hybridized carbons (Fsp3) is 0.444. The number of hydrogen-bond acceptors (Lipinski definition) is 5. The van der Waals surface area contributed by atoms with Crippen LogP contribution >= 0.6 is 0 Å². The molecule has 0 aliphatic carbocycles. The molecule has 0 spiro atoms. The number of carbonyl (C=O) groups is 1. The van der Waals surface area contributed by atoms with E-state index in [4.69, 9.17) is 4.74 Å². The molecule has 0 radical (unpaired) electrons. The molecule has 1 saturated heterocycles. The second kappa shape index (κ2) is 6.53. The van der Waals surface area contributed by atoms with Crippen molar-refractivity contribution >= 4 is 16.9 Å². The van der Waals surface area contributed by atoms with Gasteiger partial charge >= 0.3 is 0 Å². The lowest BCUT2D eigenvalue weighted by molar-refractivity contribution is 0.0550. The Labute approximate surface area is 151 Å². The number of rotatable bonds is 4. The van der Waals surface area contributed by atoms with Crippen LogP contribution in [0.5, 0.6) is 0 Å². The first-order valence-corrected chi connectivity index (χ1v) is 8.70. The highest BCUT2D eigenvalue weighted by molar-refractivity contribution is 5.97. The predicted molar refractivity (Wildman–Crippen MR) is 95.9 cm³/mol. The van der Waals surface area contributed by atoms with Crippen molar-refractivity contribution in [2.45, 2.75) is 25.4 Å². The maximum Gasteiger partial charge on any atom is 0.253 e. The van der Waals surface area contributed by atoms with E-state index in [1.165, 1.54) is 0 Å². The maximum absolute atomic E-state index is 12.8. The number of hydrogen-bond donors (Lipinski definition) is 1. The fourth-order valence-electron chi connectivity index (χ4n) is 3.49. The zero-order valence-electron chi connectivity index (χ0n) is 15.1. The summed E-state index contributed by atoms with van der Waals surface area (Å²) in [6.07, 6.45) is 2.51. The second-order valence-electron chi connectivity index (χ2n) is 6.83. The van der Waals surface area contributed by atoms with Crippen LogP contribution in [-0.2, 0) is 11.8 Å². The van der Waals surface area contributed by atoms with Crippen molar-refractivity contribution in [3.05, 3.63) is 41.7 Å². The number of carbonyl (C=O) groups excluding carboxylic acids is 1. The summed E-state index contributed by atoms with van der Waals surface area (Å²) in [5.74, 6) is 1.62. The van der Waals surface area contributed by atoms with Gasteiger partial charge < -0.3 is 14.2 Å². The molecule has 1 N–H and O–H groups in total. The van der Waals surface area contributed by atoms with Crippen LogP contribution in [0.3, 0.4) is 0 Å². The molecule has 3 aromatic rings. The van der Waals surface area contributed by atoms with Crippen LogP contribution < -0.4 is 0 Å². The third-order valence-electron chi connectivity index (χ3n) is 4.93. The number of H-pyrrole nitrogens is 1. The summed E-state index contributed by atoms with van der Waals surface area (Å²) >= 11 is 0. The molecule has 0 unspecified atom stereocenters. The van der Waals surface area contributed by atoms with Crippen molar-refractivity contribution in [3.8, 4) is 0 Å². The molecule has 0 saturated carbocycles. The Morgan fingerprint density at radius 1 is 1.46 bits per heavy atom. The highest BCUT2D eigenvalue weighted by atomic mass is 16.5. The topological polar surface area (TPSA) is 88.9 Å². The second-order valence-corrected chi connectivity index (χ2v) is 6.83. The number of aryl methyl sites for hydroxylation is 2. The molecule has 4 rings (SSSR count). The Balaban J connectivity index is 1.49. The van der Waals surface area contributed by atoms with Crippen molar-refractivity contribution in [2.24, 2.45) is 7.05 Å². The Morgan fingerprint density at radius 2 is 2.31 bits per heavy atom. The number of nitrogens with zero attached hydrogens (tertiary/aromatic N) is 5.